The minimum Gasteiger partial charge on any atom is -0.306 e. The third-order valence-corrected chi connectivity index (χ3v) is 3.40. The molecular weight excluding hydrogens is 249 g/mol. The van der Waals surface area contributed by atoms with Gasteiger partial charge >= 0.3 is 0 Å². The van der Waals surface area contributed by atoms with Gasteiger partial charge in [-0.05, 0) is 25.1 Å². The van der Waals surface area contributed by atoms with Gasteiger partial charge in [-0.25, -0.2) is 9.37 Å². The average molecular weight is 261 g/mol. The maximum atomic E-state index is 13.5. The Kier molecular flexibility index (Phi) is 4.03. The van der Waals surface area contributed by atoms with E-state index in [2.05, 4.69) is 10.3 Å². The molecule has 0 bridgehead atoms. The monoisotopic (exact) mass is 261 g/mol. The van der Waals surface area contributed by atoms with Gasteiger partial charge in [-0.2, -0.15) is 5.26 Å². The third-order valence-electron chi connectivity index (χ3n) is 2.43. The lowest BCUT2D eigenvalue weighted by Crippen LogP contribution is -2.13. The molecule has 92 valence electrons. The summed E-state index contributed by atoms with van der Waals surface area (Å²) < 4.78 is 13.5. The molecule has 3 nitrogen and oxygen atoms in total. The van der Waals surface area contributed by atoms with E-state index >= 15 is 0 Å². The van der Waals surface area contributed by atoms with Gasteiger partial charge in [0.15, 0.2) is 0 Å². The molecule has 0 atom stereocenters. The zero-order valence-electron chi connectivity index (χ0n) is 9.90. The van der Waals surface area contributed by atoms with E-state index in [-0.39, 0.29) is 5.82 Å². The molecule has 0 aliphatic heterocycles. The number of rotatable bonds is 4. The van der Waals surface area contributed by atoms with Crippen LogP contribution in [0.3, 0.4) is 0 Å². The van der Waals surface area contributed by atoms with Crippen molar-refractivity contribution in [2.24, 2.45) is 0 Å². The van der Waals surface area contributed by atoms with Crippen LogP contribution in [0.5, 0.6) is 0 Å². The van der Waals surface area contributed by atoms with Crippen LogP contribution in [0.15, 0.2) is 23.6 Å². The Morgan fingerprint density at radius 1 is 1.44 bits per heavy atom. The lowest BCUT2D eigenvalue weighted by Gasteiger charge is -2.04. The van der Waals surface area contributed by atoms with Crippen molar-refractivity contribution in [3.05, 3.63) is 51.2 Å². The van der Waals surface area contributed by atoms with Crippen molar-refractivity contribution in [3.63, 3.8) is 0 Å². The summed E-state index contributed by atoms with van der Waals surface area (Å²) in [6, 6.07) is 6.36. The normalized spacial score (nSPS) is 10.3. The highest BCUT2D eigenvalue weighted by Crippen LogP contribution is 2.11. The van der Waals surface area contributed by atoms with Crippen molar-refractivity contribution in [1.82, 2.24) is 10.3 Å². The summed E-state index contributed by atoms with van der Waals surface area (Å²) in [6.07, 6.45) is 0. The predicted octanol–water partition coefficient (Wildman–Crippen LogP) is 2.75. The van der Waals surface area contributed by atoms with E-state index < -0.39 is 0 Å². The van der Waals surface area contributed by atoms with Crippen LogP contribution < -0.4 is 5.32 Å². The molecule has 18 heavy (non-hydrogen) atoms. The third kappa shape index (κ3) is 3.13. The van der Waals surface area contributed by atoms with Crippen molar-refractivity contribution in [2.45, 2.75) is 20.0 Å². The summed E-state index contributed by atoms with van der Waals surface area (Å²) in [6.45, 7) is 2.94. The number of thiazole rings is 1. The van der Waals surface area contributed by atoms with Gasteiger partial charge in [0.25, 0.3) is 0 Å². The second kappa shape index (κ2) is 5.71. The minimum absolute atomic E-state index is 0.295. The molecular formula is C13H12FN3S. The Bertz CT molecular complexity index is 586. The number of hydrogen-bond acceptors (Lipinski definition) is 4. The fourth-order valence-corrected chi connectivity index (χ4v) is 2.31. The van der Waals surface area contributed by atoms with Gasteiger partial charge in [-0.3, -0.25) is 0 Å². The van der Waals surface area contributed by atoms with Crippen LogP contribution in [0, 0.1) is 24.1 Å². The van der Waals surface area contributed by atoms with Gasteiger partial charge in [-0.1, -0.05) is 0 Å². The summed E-state index contributed by atoms with van der Waals surface area (Å²) in [5.74, 6) is -0.295. The van der Waals surface area contributed by atoms with Gasteiger partial charge in [0.1, 0.15) is 10.8 Å². The smallest absolute Gasteiger partial charge is 0.127 e. The topological polar surface area (TPSA) is 48.7 Å². The minimum atomic E-state index is -0.295. The summed E-state index contributed by atoms with van der Waals surface area (Å²) in [4.78, 5) is 4.31. The highest BCUT2D eigenvalue weighted by molar-refractivity contribution is 7.09. The molecule has 0 spiro atoms. The molecule has 1 aromatic heterocycles. The highest BCUT2D eigenvalue weighted by Gasteiger charge is 2.04. The number of aryl methyl sites for hydroxylation is 1. The maximum absolute atomic E-state index is 13.5. The van der Waals surface area contributed by atoms with Crippen molar-refractivity contribution in [1.29, 1.82) is 5.26 Å². The van der Waals surface area contributed by atoms with Crippen LogP contribution in [0.25, 0.3) is 0 Å². The van der Waals surface area contributed by atoms with E-state index in [0.717, 1.165) is 10.7 Å². The van der Waals surface area contributed by atoms with Gasteiger partial charge in [-0.15, -0.1) is 11.3 Å². The molecule has 1 N–H and O–H groups in total. The first-order valence-corrected chi connectivity index (χ1v) is 6.37. The molecule has 0 radical (unpaired) electrons. The van der Waals surface area contributed by atoms with Crippen molar-refractivity contribution in [3.8, 4) is 6.07 Å². The number of halogens is 1. The number of nitriles is 1. The van der Waals surface area contributed by atoms with Crippen molar-refractivity contribution >= 4 is 11.3 Å². The fraction of sp³-hybridized carbons (Fsp3) is 0.231. The number of aromatic nitrogens is 1. The molecule has 0 saturated carbocycles. The van der Waals surface area contributed by atoms with Gasteiger partial charge < -0.3 is 5.32 Å². The molecule has 5 heteroatoms. The number of benzene rings is 1. The van der Waals surface area contributed by atoms with Crippen LogP contribution >= 0.6 is 11.3 Å². The molecule has 0 saturated heterocycles. The van der Waals surface area contributed by atoms with E-state index in [1.807, 2.05) is 18.4 Å². The fourth-order valence-electron chi connectivity index (χ4n) is 1.57. The predicted molar refractivity (Wildman–Crippen MR) is 68.5 cm³/mol. The first-order valence-electron chi connectivity index (χ1n) is 5.49. The van der Waals surface area contributed by atoms with E-state index in [1.54, 1.807) is 17.4 Å². The zero-order valence-corrected chi connectivity index (χ0v) is 10.7. The average Bonchev–Trinajstić information content (AvgIpc) is 2.77. The van der Waals surface area contributed by atoms with E-state index in [9.17, 15) is 4.39 Å². The summed E-state index contributed by atoms with van der Waals surface area (Å²) in [5, 5.41) is 14.8. The number of nitrogens with one attached hydrogen (secondary N) is 1. The highest BCUT2D eigenvalue weighted by atomic mass is 32.1. The second-order valence-corrected chi connectivity index (χ2v) is 4.85. The molecule has 1 heterocycles. The maximum Gasteiger partial charge on any atom is 0.127 e. The molecule has 2 aromatic rings. The van der Waals surface area contributed by atoms with E-state index in [4.69, 9.17) is 5.26 Å². The summed E-state index contributed by atoms with van der Waals surface area (Å²) >= 11 is 1.58. The quantitative estimate of drug-likeness (QED) is 0.920. The first kappa shape index (κ1) is 12.7. The Morgan fingerprint density at radius 2 is 2.28 bits per heavy atom. The van der Waals surface area contributed by atoms with E-state index in [0.29, 0.717) is 24.2 Å². The number of nitrogens with zero attached hydrogens (tertiary/aromatic N) is 2. The van der Waals surface area contributed by atoms with Crippen molar-refractivity contribution in [2.75, 3.05) is 0 Å². The largest absolute Gasteiger partial charge is 0.306 e. The molecule has 0 amide bonds. The lowest BCUT2D eigenvalue weighted by molar-refractivity contribution is 0.587. The second-order valence-electron chi connectivity index (χ2n) is 3.90. The molecule has 0 aliphatic rings. The van der Waals surface area contributed by atoms with Crippen LogP contribution in [-0.2, 0) is 13.1 Å². The molecule has 0 aliphatic carbocycles. The standard InChI is InChI=1S/C13H12FN3S/c1-9-8-18-13(17-9)7-16-6-11-4-10(5-15)2-3-12(11)14/h2-4,8,16H,6-7H2,1H3. The Labute approximate surface area is 109 Å². The van der Waals surface area contributed by atoms with Gasteiger partial charge in [0.2, 0.25) is 0 Å². The van der Waals surface area contributed by atoms with Crippen LogP contribution in [-0.4, -0.2) is 4.98 Å². The summed E-state index contributed by atoms with van der Waals surface area (Å²) in [5.41, 5.74) is 1.97. The lowest BCUT2D eigenvalue weighted by atomic mass is 10.1. The molecule has 1 aromatic carbocycles. The Hall–Kier alpha value is -1.77. The number of hydrogen-bond donors (Lipinski definition) is 1. The van der Waals surface area contributed by atoms with Crippen LogP contribution in [0.4, 0.5) is 4.39 Å². The molecule has 0 fully saturated rings. The molecule has 0 unspecified atom stereocenters. The van der Waals surface area contributed by atoms with Crippen molar-refractivity contribution < 1.29 is 4.39 Å². The summed E-state index contributed by atoms with van der Waals surface area (Å²) in [7, 11) is 0. The Balaban J connectivity index is 1.96. The first-order chi connectivity index (χ1) is 8.69. The zero-order chi connectivity index (χ0) is 13.0. The SMILES string of the molecule is Cc1csc(CNCc2cc(C#N)ccc2F)n1. The molecule has 2 rings (SSSR count). The van der Waals surface area contributed by atoms with E-state index in [1.165, 1.54) is 12.1 Å². The van der Waals surface area contributed by atoms with Crippen LogP contribution in [0.1, 0.15) is 21.8 Å². The Morgan fingerprint density at radius 3 is 2.94 bits per heavy atom. The van der Waals surface area contributed by atoms with Gasteiger partial charge in [0.05, 0.1) is 11.6 Å². The van der Waals surface area contributed by atoms with Crippen LogP contribution in [0.2, 0.25) is 0 Å². The van der Waals surface area contributed by atoms with Gasteiger partial charge in [0, 0.05) is 29.7 Å².